The first-order valence-corrected chi connectivity index (χ1v) is 9.24. The average Bonchev–Trinajstić information content (AvgIpc) is 3.06. The third-order valence-electron chi connectivity index (χ3n) is 5.81. The van der Waals surface area contributed by atoms with Gasteiger partial charge in [-0.2, -0.15) is 10.1 Å². The first-order chi connectivity index (χ1) is 13.5. The minimum absolute atomic E-state index is 0.138. The van der Waals surface area contributed by atoms with Crippen LogP contribution in [0, 0.1) is 0 Å². The summed E-state index contributed by atoms with van der Waals surface area (Å²) in [4.78, 5) is 17.7. The van der Waals surface area contributed by atoms with Gasteiger partial charge in [-0.25, -0.2) is 4.98 Å². The van der Waals surface area contributed by atoms with Gasteiger partial charge in [0.25, 0.3) is 0 Å². The van der Waals surface area contributed by atoms with E-state index in [4.69, 9.17) is 16.2 Å². The van der Waals surface area contributed by atoms with E-state index in [1.165, 1.54) is 0 Å². The number of likely N-dealkylation sites (tertiary alicyclic amines) is 2. The standard InChI is InChI=1S/C18H23N9O/c1-25-8-14-13(25)9-26(14)7-11-3-15(28-2)10(4-21-11)6-27-16-12(5-22-27)23-18(20)24-17(16)19/h3-5,13-14H,6-9H2,1-2H3,(H4,19,20,23,24). The van der Waals surface area contributed by atoms with E-state index in [-0.39, 0.29) is 5.95 Å². The summed E-state index contributed by atoms with van der Waals surface area (Å²) in [7, 11) is 3.85. The molecule has 146 valence electrons. The van der Waals surface area contributed by atoms with Gasteiger partial charge in [0.1, 0.15) is 16.8 Å². The zero-order chi connectivity index (χ0) is 19.4. The number of hydrogen-bond acceptors (Lipinski definition) is 9. The van der Waals surface area contributed by atoms with Gasteiger partial charge < -0.3 is 16.2 Å². The Morgan fingerprint density at radius 2 is 2.00 bits per heavy atom. The van der Waals surface area contributed by atoms with Crippen LogP contribution in [0.5, 0.6) is 5.75 Å². The van der Waals surface area contributed by atoms with Gasteiger partial charge in [0, 0.05) is 49.5 Å². The van der Waals surface area contributed by atoms with Gasteiger partial charge in [0.2, 0.25) is 5.95 Å². The van der Waals surface area contributed by atoms with Crippen LogP contribution in [0.25, 0.3) is 11.0 Å². The Morgan fingerprint density at radius 3 is 2.71 bits per heavy atom. The van der Waals surface area contributed by atoms with Crippen molar-refractivity contribution in [1.82, 2.24) is 34.5 Å². The topological polar surface area (TPSA) is 124 Å². The summed E-state index contributed by atoms with van der Waals surface area (Å²) >= 11 is 0. The van der Waals surface area contributed by atoms with E-state index in [9.17, 15) is 0 Å². The van der Waals surface area contributed by atoms with Gasteiger partial charge >= 0.3 is 0 Å². The summed E-state index contributed by atoms with van der Waals surface area (Å²) in [6.45, 7) is 3.54. The summed E-state index contributed by atoms with van der Waals surface area (Å²) in [5, 5.41) is 4.38. The fourth-order valence-corrected chi connectivity index (χ4v) is 4.18. The van der Waals surface area contributed by atoms with Crippen molar-refractivity contribution in [3.63, 3.8) is 0 Å². The van der Waals surface area contributed by atoms with Gasteiger partial charge in [-0.05, 0) is 7.05 Å². The number of ether oxygens (including phenoxy) is 1. The number of piperazine rings is 1. The summed E-state index contributed by atoms with van der Waals surface area (Å²) in [5.74, 6) is 1.23. The van der Waals surface area contributed by atoms with Crippen molar-refractivity contribution in [2.75, 3.05) is 38.7 Å². The number of nitrogens with zero attached hydrogens (tertiary/aromatic N) is 7. The molecule has 10 heteroatoms. The molecular weight excluding hydrogens is 358 g/mol. The van der Waals surface area contributed by atoms with E-state index in [0.29, 0.717) is 29.4 Å². The zero-order valence-corrected chi connectivity index (χ0v) is 15.9. The Bertz CT molecular complexity index is 1050. The molecule has 3 aromatic heterocycles. The summed E-state index contributed by atoms with van der Waals surface area (Å²) in [5.41, 5.74) is 14.9. The molecule has 4 N–H and O–H groups in total. The Balaban J connectivity index is 1.37. The third-order valence-corrected chi connectivity index (χ3v) is 5.81. The number of hydrogen-bond donors (Lipinski definition) is 2. The maximum absolute atomic E-state index is 6.02. The Labute approximate surface area is 162 Å². The molecule has 0 spiro atoms. The SMILES string of the molecule is COc1cc(CN2CC3C2CN3C)ncc1Cn1ncc2nc(N)nc(N)c21. The maximum atomic E-state index is 6.02. The van der Waals surface area contributed by atoms with Crippen LogP contribution in [0.2, 0.25) is 0 Å². The van der Waals surface area contributed by atoms with Crippen molar-refractivity contribution in [1.29, 1.82) is 0 Å². The highest BCUT2D eigenvalue weighted by molar-refractivity contribution is 5.85. The molecule has 0 aromatic carbocycles. The zero-order valence-electron chi connectivity index (χ0n) is 15.9. The Hall–Kier alpha value is -2.98. The number of rotatable bonds is 5. The van der Waals surface area contributed by atoms with E-state index in [0.717, 1.165) is 42.7 Å². The van der Waals surface area contributed by atoms with Gasteiger partial charge in [0.15, 0.2) is 5.82 Å². The highest BCUT2D eigenvalue weighted by Gasteiger charge is 2.49. The van der Waals surface area contributed by atoms with Crippen LogP contribution < -0.4 is 16.2 Å². The molecule has 0 amide bonds. The molecule has 2 fully saturated rings. The van der Waals surface area contributed by atoms with Gasteiger partial charge in [-0.15, -0.1) is 0 Å². The normalized spacial score (nSPS) is 21.9. The van der Waals surface area contributed by atoms with Gasteiger partial charge in [-0.1, -0.05) is 0 Å². The molecule has 5 heterocycles. The summed E-state index contributed by atoms with van der Waals surface area (Å²) in [6, 6.07) is 3.40. The lowest BCUT2D eigenvalue weighted by Gasteiger charge is -2.61. The average molecular weight is 381 g/mol. The number of fused-ring (bicyclic) bond motifs is 2. The van der Waals surface area contributed by atoms with Crippen LogP contribution in [0.15, 0.2) is 18.5 Å². The molecule has 0 aliphatic carbocycles. The Morgan fingerprint density at radius 1 is 1.14 bits per heavy atom. The molecule has 0 radical (unpaired) electrons. The number of aromatic nitrogens is 5. The van der Waals surface area contributed by atoms with Crippen LogP contribution in [0.4, 0.5) is 11.8 Å². The van der Waals surface area contributed by atoms with Crippen molar-refractivity contribution < 1.29 is 4.74 Å². The predicted octanol–water partition coefficient (Wildman–Crippen LogP) is -0.0592. The number of nitrogens with two attached hydrogens (primary N) is 2. The van der Waals surface area contributed by atoms with E-state index in [1.807, 2.05) is 12.3 Å². The quantitative estimate of drug-likeness (QED) is 0.625. The first-order valence-electron chi connectivity index (χ1n) is 9.24. The predicted molar refractivity (Wildman–Crippen MR) is 105 cm³/mol. The second-order valence-electron chi connectivity index (χ2n) is 7.49. The lowest BCUT2D eigenvalue weighted by molar-refractivity contribution is -0.116. The van der Waals surface area contributed by atoms with Crippen molar-refractivity contribution in [2.45, 2.75) is 25.2 Å². The van der Waals surface area contributed by atoms with E-state index >= 15 is 0 Å². The highest BCUT2D eigenvalue weighted by Crippen LogP contribution is 2.33. The molecule has 0 bridgehead atoms. The second-order valence-corrected chi connectivity index (χ2v) is 7.49. The molecule has 28 heavy (non-hydrogen) atoms. The number of methoxy groups -OCH3 is 1. The summed E-state index contributed by atoms with van der Waals surface area (Å²) < 4.78 is 7.36. The largest absolute Gasteiger partial charge is 0.496 e. The molecule has 2 saturated heterocycles. The lowest BCUT2D eigenvalue weighted by atomic mass is 9.86. The molecular formula is C18H23N9O. The van der Waals surface area contributed by atoms with E-state index in [1.54, 1.807) is 18.0 Å². The molecule has 10 nitrogen and oxygen atoms in total. The smallest absolute Gasteiger partial charge is 0.222 e. The molecule has 2 unspecified atom stereocenters. The number of nitrogen functional groups attached to an aromatic ring is 2. The monoisotopic (exact) mass is 381 g/mol. The number of anilines is 2. The lowest BCUT2D eigenvalue weighted by Crippen LogP contribution is -2.77. The van der Waals surface area contributed by atoms with Crippen molar-refractivity contribution in [3.8, 4) is 5.75 Å². The van der Waals surface area contributed by atoms with Crippen molar-refractivity contribution >= 4 is 22.8 Å². The first kappa shape index (κ1) is 17.1. The maximum Gasteiger partial charge on any atom is 0.222 e. The summed E-state index contributed by atoms with van der Waals surface area (Å²) in [6.07, 6.45) is 3.48. The molecule has 0 saturated carbocycles. The van der Waals surface area contributed by atoms with E-state index in [2.05, 4.69) is 36.9 Å². The minimum Gasteiger partial charge on any atom is -0.496 e. The van der Waals surface area contributed by atoms with Crippen LogP contribution in [-0.4, -0.2) is 73.9 Å². The molecule has 3 aromatic rings. The minimum atomic E-state index is 0.138. The van der Waals surface area contributed by atoms with Crippen LogP contribution in [0.3, 0.4) is 0 Å². The molecule has 2 atom stereocenters. The molecule has 2 aliphatic heterocycles. The molecule has 5 rings (SSSR count). The fourth-order valence-electron chi connectivity index (χ4n) is 4.18. The highest BCUT2D eigenvalue weighted by atomic mass is 16.5. The van der Waals surface area contributed by atoms with Crippen LogP contribution in [0.1, 0.15) is 11.3 Å². The molecule has 2 aliphatic rings. The number of pyridine rings is 1. The fraction of sp³-hybridized carbons (Fsp3) is 0.444. The van der Waals surface area contributed by atoms with Crippen LogP contribution >= 0.6 is 0 Å². The van der Waals surface area contributed by atoms with E-state index < -0.39 is 0 Å². The van der Waals surface area contributed by atoms with Gasteiger partial charge in [0.05, 0.1) is 25.5 Å². The number of likely N-dealkylation sites (N-methyl/N-ethyl adjacent to an activating group) is 1. The van der Waals surface area contributed by atoms with Crippen LogP contribution in [-0.2, 0) is 13.1 Å². The third kappa shape index (κ3) is 2.64. The Kier molecular flexibility index (Phi) is 3.84. The van der Waals surface area contributed by atoms with Crippen molar-refractivity contribution in [2.24, 2.45) is 0 Å². The van der Waals surface area contributed by atoms with Gasteiger partial charge in [-0.3, -0.25) is 19.5 Å². The van der Waals surface area contributed by atoms with Crippen molar-refractivity contribution in [3.05, 3.63) is 29.7 Å². The second kappa shape index (κ2) is 6.28.